The third kappa shape index (κ3) is 4.17. The van der Waals surface area contributed by atoms with Crippen molar-refractivity contribution in [2.75, 3.05) is 18.4 Å². The lowest BCUT2D eigenvalue weighted by atomic mass is 10.1. The Morgan fingerprint density at radius 1 is 1.12 bits per heavy atom. The third-order valence-electron chi connectivity index (χ3n) is 4.33. The Kier molecular flexibility index (Phi) is 5.34. The first kappa shape index (κ1) is 17.4. The summed E-state index contributed by atoms with van der Waals surface area (Å²) in [6.07, 6.45) is 4.71. The Morgan fingerprint density at radius 2 is 1.88 bits per heavy atom. The minimum absolute atomic E-state index is 0.0462. The summed E-state index contributed by atoms with van der Waals surface area (Å²) in [6.45, 7) is 3.42. The Hall–Kier alpha value is -2.40. The normalized spacial score (nSPS) is 14.2. The quantitative estimate of drug-likeness (QED) is 0.905. The van der Waals surface area contributed by atoms with Crippen LogP contribution in [0.15, 0.2) is 36.5 Å². The van der Waals surface area contributed by atoms with Crippen LogP contribution in [0.2, 0.25) is 5.02 Å². The number of hydrogen-bond donors (Lipinski definition) is 1. The maximum atomic E-state index is 12.6. The van der Waals surface area contributed by atoms with E-state index in [0.29, 0.717) is 16.3 Å². The van der Waals surface area contributed by atoms with Gasteiger partial charge in [0.1, 0.15) is 5.69 Å². The SMILES string of the molecule is Cc1ccc(Cl)cc1NC(=O)c1cc(C(=O)N2CCCCC2)ccn1. The molecule has 2 amide bonds. The number of aromatic nitrogens is 1. The number of halogens is 1. The van der Waals surface area contributed by atoms with Gasteiger partial charge >= 0.3 is 0 Å². The maximum Gasteiger partial charge on any atom is 0.274 e. The molecule has 2 aromatic rings. The number of piperidine rings is 1. The van der Waals surface area contributed by atoms with Crippen molar-refractivity contribution in [1.82, 2.24) is 9.88 Å². The first-order valence-electron chi connectivity index (χ1n) is 8.37. The number of amides is 2. The summed E-state index contributed by atoms with van der Waals surface area (Å²) < 4.78 is 0. The number of rotatable bonds is 3. The van der Waals surface area contributed by atoms with E-state index < -0.39 is 0 Å². The first-order chi connectivity index (χ1) is 12.0. The molecule has 0 bridgehead atoms. The number of carbonyl (C=O) groups excluding carboxylic acids is 2. The Balaban J connectivity index is 1.77. The number of anilines is 1. The van der Waals surface area contributed by atoms with E-state index in [1.54, 1.807) is 24.3 Å². The van der Waals surface area contributed by atoms with E-state index in [1.165, 1.54) is 6.20 Å². The molecule has 6 heteroatoms. The van der Waals surface area contributed by atoms with Gasteiger partial charge in [-0.1, -0.05) is 17.7 Å². The highest BCUT2D eigenvalue weighted by atomic mass is 35.5. The van der Waals surface area contributed by atoms with Gasteiger partial charge in [0.15, 0.2) is 0 Å². The molecule has 0 saturated carbocycles. The zero-order chi connectivity index (χ0) is 17.8. The van der Waals surface area contributed by atoms with Gasteiger partial charge in [-0.2, -0.15) is 0 Å². The molecule has 1 N–H and O–H groups in total. The minimum atomic E-state index is -0.362. The second-order valence-electron chi connectivity index (χ2n) is 6.20. The monoisotopic (exact) mass is 357 g/mol. The Morgan fingerprint density at radius 3 is 2.64 bits per heavy atom. The largest absolute Gasteiger partial charge is 0.339 e. The molecule has 25 heavy (non-hydrogen) atoms. The van der Waals surface area contributed by atoms with Gasteiger partial charge in [-0.05, 0) is 56.0 Å². The van der Waals surface area contributed by atoms with Crippen LogP contribution in [-0.2, 0) is 0 Å². The molecule has 0 atom stereocenters. The summed E-state index contributed by atoms with van der Waals surface area (Å²) in [6, 6.07) is 8.49. The predicted octanol–water partition coefficient (Wildman–Crippen LogP) is 3.92. The standard InChI is InChI=1S/C19H20ClN3O2/c1-13-5-6-15(20)12-16(13)22-18(24)17-11-14(7-8-21-17)19(25)23-9-3-2-4-10-23/h5-8,11-12H,2-4,9-10H2,1H3,(H,22,24). The number of carbonyl (C=O) groups is 2. The van der Waals surface area contributed by atoms with Crippen LogP contribution in [0.4, 0.5) is 5.69 Å². The van der Waals surface area contributed by atoms with Crippen LogP contribution >= 0.6 is 11.6 Å². The summed E-state index contributed by atoms with van der Waals surface area (Å²) in [7, 11) is 0. The average molecular weight is 358 g/mol. The van der Waals surface area contributed by atoms with Crippen molar-refractivity contribution in [3.05, 3.63) is 58.4 Å². The van der Waals surface area contributed by atoms with Crippen LogP contribution in [0.3, 0.4) is 0 Å². The highest BCUT2D eigenvalue weighted by Crippen LogP contribution is 2.21. The fraction of sp³-hybridized carbons (Fsp3) is 0.316. The lowest BCUT2D eigenvalue weighted by Gasteiger charge is -2.26. The van der Waals surface area contributed by atoms with E-state index in [9.17, 15) is 9.59 Å². The number of benzene rings is 1. The second kappa shape index (κ2) is 7.66. The van der Waals surface area contributed by atoms with E-state index in [2.05, 4.69) is 10.3 Å². The van der Waals surface area contributed by atoms with Gasteiger partial charge in [0.2, 0.25) is 0 Å². The van der Waals surface area contributed by atoms with Gasteiger partial charge in [0.05, 0.1) is 0 Å². The van der Waals surface area contributed by atoms with Crippen LogP contribution in [-0.4, -0.2) is 34.8 Å². The van der Waals surface area contributed by atoms with Crippen LogP contribution < -0.4 is 5.32 Å². The fourth-order valence-electron chi connectivity index (χ4n) is 2.88. The van der Waals surface area contributed by atoms with Gasteiger partial charge < -0.3 is 10.2 Å². The number of nitrogens with one attached hydrogen (secondary N) is 1. The molecule has 0 unspecified atom stereocenters. The smallest absolute Gasteiger partial charge is 0.274 e. The topological polar surface area (TPSA) is 62.3 Å². The molecule has 1 aliphatic heterocycles. The van der Waals surface area contributed by atoms with Gasteiger partial charge in [0, 0.05) is 35.6 Å². The summed E-state index contributed by atoms with van der Waals surface area (Å²) >= 11 is 5.98. The maximum absolute atomic E-state index is 12.6. The summed E-state index contributed by atoms with van der Waals surface area (Å²) in [4.78, 5) is 31.0. The molecule has 1 fully saturated rings. The van der Waals surface area contributed by atoms with Crippen molar-refractivity contribution in [2.24, 2.45) is 0 Å². The first-order valence-corrected chi connectivity index (χ1v) is 8.75. The van der Waals surface area contributed by atoms with E-state index in [0.717, 1.165) is 37.9 Å². The molecule has 1 aliphatic rings. The molecule has 2 heterocycles. The summed E-state index contributed by atoms with van der Waals surface area (Å²) in [5, 5.41) is 3.35. The predicted molar refractivity (Wildman–Crippen MR) is 98.1 cm³/mol. The van der Waals surface area contributed by atoms with Gasteiger partial charge in [-0.3, -0.25) is 14.6 Å². The number of pyridine rings is 1. The van der Waals surface area contributed by atoms with E-state index in [4.69, 9.17) is 11.6 Å². The van der Waals surface area contributed by atoms with Crippen LogP contribution in [0.25, 0.3) is 0 Å². The number of aryl methyl sites for hydroxylation is 1. The molecular formula is C19H20ClN3O2. The van der Waals surface area contributed by atoms with Crippen molar-refractivity contribution < 1.29 is 9.59 Å². The summed E-state index contributed by atoms with van der Waals surface area (Å²) in [5.41, 5.74) is 2.23. The zero-order valence-corrected chi connectivity index (χ0v) is 14.8. The zero-order valence-electron chi connectivity index (χ0n) is 14.1. The second-order valence-corrected chi connectivity index (χ2v) is 6.63. The van der Waals surface area contributed by atoms with E-state index >= 15 is 0 Å². The van der Waals surface area contributed by atoms with Crippen LogP contribution in [0.1, 0.15) is 45.7 Å². The molecule has 3 rings (SSSR count). The molecule has 1 aromatic carbocycles. The third-order valence-corrected chi connectivity index (χ3v) is 4.57. The molecule has 1 saturated heterocycles. The van der Waals surface area contributed by atoms with Crippen LogP contribution in [0.5, 0.6) is 0 Å². The van der Waals surface area contributed by atoms with Crippen molar-refractivity contribution in [3.8, 4) is 0 Å². The van der Waals surface area contributed by atoms with Crippen molar-refractivity contribution >= 4 is 29.1 Å². The Labute approximate surface area is 152 Å². The van der Waals surface area contributed by atoms with Gasteiger partial charge in [0.25, 0.3) is 11.8 Å². The van der Waals surface area contributed by atoms with Crippen molar-refractivity contribution in [2.45, 2.75) is 26.2 Å². The highest BCUT2D eigenvalue weighted by Gasteiger charge is 2.19. The van der Waals surface area contributed by atoms with E-state index in [1.807, 2.05) is 17.9 Å². The van der Waals surface area contributed by atoms with Gasteiger partial charge in [-0.15, -0.1) is 0 Å². The van der Waals surface area contributed by atoms with Crippen molar-refractivity contribution in [1.29, 1.82) is 0 Å². The lowest BCUT2D eigenvalue weighted by molar-refractivity contribution is 0.0724. The molecule has 5 nitrogen and oxygen atoms in total. The fourth-order valence-corrected chi connectivity index (χ4v) is 3.05. The molecule has 0 spiro atoms. The number of nitrogens with zero attached hydrogens (tertiary/aromatic N) is 2. The highest BCUT2D eigenvalue weighted by molar-refractivity contribution is 6.31. The molecule has 0 aliphatic carbocycles. The number of likely N-dealkylation sites (tertiary alicyclic amines) is 1. The van der Waals surface area contributed by atoms with Crippen molar-refractivity contribution in [3.63, 3.8) is 0 Å². The molecule has 1 aromatic heterocycles. The minimum Gasteiger partial charge on any atom is -0.339 e. The van der Waals surface area contributed by atoms with Gasteiger partial charge in [-0.25, -0.2) is 0 Å². The number of hydrogen-bond acceptors (Lipinski definition) is 3. The molecule has 0 radical (unpaired) electrons. The molecule has 130 valence electrons. The summed E-state index contributed by atoms with van der Waals surface area (Å²) in [5.74, 6) is -0.409. The average Bonchev–Trinajstić information content (AvgIpc) is 2.65. The van der Waals surface area contributed by atoms with Crippen LogP contribution in [0, 0.1) is 6.92 Å². The van der Waals surface area contributed by atoms with E-state index in [-0.39, 0.29) is 17.5 Å². The Bertz CT molecular complexity index is 801. The molecular weight excluding hydrogens is 338 g/mol. The lowest BCUT2D eigenvalue weighted by Crippen LogP contribution is -2.35.